The summed E-state index contributed by atoms with van der Waals surface area (Å²) in [6.07, 6.45) is 3.25. The predicted molar refractivity (Wildman–Crippen MR) is 89.8 cm³/mol. The van der Waals surface area contributed by atoms with Crippen molar-refractivity contribution in [1.29, 1.82) is 0 Å². The van der Waals surface area contributed by atoms with E-state index in [1.54, 1.807) is 12.1 Å². The summed E-state index contributed by atoms with van der Waals surface area (Å²) in [5, 5.41) is 2.27. The van der Waals surface area contributed by atoms with Crippen LogP contribution in [-0.2, 0) is 4.79 Å². The van der Waals surface area contributed by atoms with Crippen LogP contribution in [0.1, 0.15) is 11.1 Å². The lowest BCUT2D eigenvalue weighted by atomic mass is 10.0. The maximum absolute atomic E-state index is 11.9. The maximum Gasteiger partial charge on any atom is 0.336 e. The Balaban J connectivity index is 1.79. The average molecular weight is 288 g/mol. The normalized spacial score (nSPS) is 11.0. The highest BCUT2D eigenvalue weighted by Gasteiger charge is 2.02. The Bertz CT molecular complexity index is 842. The predicted octanol–water partition coefficient (Wildman–Crippen LogP) is 4.77. The number of aryl methyl sites for hydroxylation is 1. The van der Waals surface area contributed by atoms with Crippen LogP contribution in [0.4, 0.5) is 0 Å². The summed E-state index contributed by atoms with van der Waals surface area (Å²) in [7, 11) is 0. The summed E-state index contributed by atoms with van der Waals surface area (Å²) in [5.41, 5.74) is 2.06. The van der Waals surface area contributed by atoms with E-state index in [9.17, 15) is 4.79 Å². The zero-order chi connectivity index (χ0) is 15.4. The minimum Gasteiger partial charge on any atom is -0.423 e. The van der Waals surface area contributed by atoms with Gasteiger partial charge in [-0.25, -0.2) is 4.79 Å². The standard InChI is InChI=1S/C20H16O2/c1-15-6-4-10-18(14-15)22-20(21)13-12-17-9-5-8-16-7-2-3-11-19(16)17/h2-14H,1H3. The van der Waals surface area contributed by atoms with Gasteiger partial charge in [0.1, 0.15) is 5.75 Å². The Morgan fingerprint density at radius 3 is 2.59 bits per heavy atom. The molecule has 0 atom stereocenters. The van der Waals surface area contributed by atoms with Gasteiger partial charge in [-0.1, -0.05) is 54.6 Å². The van der Waals surface area contributed by atoms with Crippen molar-refractivity contribution in [1.82, 2.24) is 0 Å². The average Bonchev–Trinajstić information content (AvgIpc) is 2.53. The molecule has 108 valence electrons. The van der Waals surface area contributed by atoms with Crippen molar-refractivity contribution in [3.05, 3.63) is 83.9 Å². The molecule has 0 spiro atoms. The summed E-state index contributed by atoms with van der Waals surface area (Å²) in [6, 6.07) is 21.5. The molecule has 0 fully saturated rings. The Morgan fingerprint density at radius 2 is 1.73 bits per heavy atom. The van der Waals surface area contributed by atoms with Crippen molar-refractivity contribution >= 4 is 22.8 Å². The lowest BCUT2D eigenvalue weighted by molar-refractivity contribution is -0.128. The van der Waals surface area contributed by atoms with E-state index in [1.807, 2.05) is 55.5 Å². The van der Waals surface area contributed by atoms with Gasteiger partial charge in [-0.3, -0.25) is 0 Å². The lowest BCUT2D eigenvalue weighted by Crippen LogP contribution is -2.03. The number of ether oxygens (including phenoxy) is 1. The van der Waals surface area contributed by atoms with Gasteiger partial charge in [-0.2, -0.15) is 0 Å². The number of hydrogen-bond acceptors (Lipinski definition) is 2. The first-order chi connectivity index (χ1) is 10.7. The molecule has 0 aliphatic heterocycles. The van der Waals surface area contributed by atoms with Gasteiger partial charge in [0.2, 0.25) is 0 Å². The van der Waals surface area contributed by atoms with Gasteiger partial charge >= 0.3 is 5.97 Å². The van der Waals surface area contributed by atoms with Gasteiger partial charge in [0.15, 0.2) is 0 Å². The molecule has 0 aromatic heterocycles. The van der Waals surface area contributed by atoms with Crippen molar-refractivity contribution < 1.29 is 9.53 Å². The van der Waals surface area contributed by atoms with Gasteiger partial charge in [0.25, 0.3) is 0 Å². The molecule has 2 nitrogen and oxygen atoms in total. The molecular formula is C20H16O2. The molecule has 0 radical (unpaired) electrons. The fourth-order valence-electron chi connectivity index (χ4n) is 2.38. The number of esters is 1. The van der Waals surface area contributed by atoms with Gasteiger partial charge in [0.05, 0.1) is 0 Å². The Morgan fingerprint density at radius 1 is 0.955 bits per heavy atom. The number of fused-ring (bicyclic) bond motifs is 1. The molecular weight excluding hydrogens is 272 g/mol. The van der Waals surface area contributed by atoms with Crippen molar-refractivity contribution in [3.8, 4) is 5.75 Å². The number of hydrogen-bond donors (Lipinski definition) is 0. The van der Waals surface area contributed by atoms with Gasteiger partial charge in [-0.15, -0.1) is 0 Å². The van der Waals surface area contributed by atoms with Crippen LogP contribution < -0.4 is 4.74 Å². The first-order valence-electron chi connectivity index (χ1n) is 7.17. The molecule has 2 heteroatoms. The number of carbonyl (C=O) groups excluding carboxylic acids is 1. The highest BCUT2D eigenvalue weighted by atomic mass is 16.5. The van der Waals surface area contributed by atoms with Crippen LogP contribution >= 0.6 is 0 Å². The maximum atomic E-state index is 11.9. The zero-order valence-electron chi connectivity index (χ0n) is 12.3. The SMILES string of the molecule is Cc1cccc(OC(=O)C=Cc2cccc3ccccc23)c1. The Kier molecular flexibility index (Phi) is 4.01. The third kappa shape index (κ3) is 3.23. The van der Waals surface area contributed by atoms with E-state index in [-0.39, 0.29) is 5.97 Å². The largest absolute Gasteiger partial charge is 0.423 e. The van der Waals surface area contributed by atoms with Gasteiger partial charge < -0.3 is 4.74 Å². The second-order valence-corrected chi connectivity index (χ2v) is 5.14. The number of benzene rings is 3. The van der Waals surface area contributed by atoms with Crippen LogP contribution in [0.25, 0.3) is 16.8 Å². The van der Waals surface area contributed by atoms with E-state index in [0.29, 0.717) is 5.75 Å². The highest BCUT2D eigenvalue weighted by molar-refractivity contribution is 5.95. The molecule has 0 bridgehead atoms. The smallest absolute Gasteiger partial charge is 0.336 e. The molecule has 0 heterocycles. The summed E-state index contributed by atoms with van der Waals surface area (Å²) in [4.78, 5) is 11.9. The summed E-state index contributed by atoms with van der Waals surface area (Å²) in [5.74, 6) is 0.186. The minimum atomic E-state index is -0.376. The summed E-state index contributed by atoms with van der Waals surface area (Å²) in [6.45, 7) is 1.96. The van der Waals surface area contributed by atoms with E-state index in [1.165, 1.54) is 6.08 Å². The van der Waals surface area contributed by atoms with E-state index < -0.39 is 0 Å². The fraction of sp³-hybridized carbons (Fsp3) is 0.0500. The van der Waals surface area contributed by atoms with Gasteiger partial charge in [0, 0.05) is 6.08 Å². The molecule has 0 unspecified atom stereocenters. The Hall–Kier alpha value is -2.87. The van der Waals surface area contributed by atoms with E-state index in [2.05, 4.69) is 12.1 Å². The van der Waals surface area contributed by atoms with Crippen molar-refractivity contribution in [2.45, 2.75) is 6.92 Å². The molecule has 0 amide bonds. The summed E-state index contributed by atoms with van der Waals surface area (Å²) < 4.78 is 5.30. The van der Waals surface area contributed by atoms with Crippen LogP contribution in [0.3, 0.4) is 0 Å². The van der Waals surface area contributed by atoms with E-state index in [4.69, 9.17) is 4.74 Å². The molecule has 3 rings (SSSR count). The van der Waals surface area contributed by atoms with Crippen molar-refractivity contribution in [3.63, 3.8) is 0 Å². The quantitative estimate of drug-likeness (QED) is 0.394. The van der Waals surface area contributed by atoms with Crippen LogP contribution in [0.15, 0.2) is 72.8 Å². The second kappa shape index (κ2) is 6.27. The molecule has 22 heavy (non-hydrogen) atoms. The first kappa shape index (κ1) is 14.1. The summed E-state index contributed by atoms with van der Waals surface area (Å²) >= 11 is 0. The zero-order valence-corrected chi connectivity index (χ0v) is 12.3. The highest BCUT2D eigenvalue weighted by Crippen LogP contribution is 2.20. The monoisotopic (exact) mass is 288 g/mol. The third-order valence-electron chi connectivity index (χ3n) is 3.43. The fourth-order valence-corrected chi connectivity index (χ4v) is 2.38. The molecule has 3 aromatic rings. The lowest BCUT2D eigenvalue weighted by Gasteiger charge is -2.03. The van der Waals surface area contributed by atoms with Gasteiger partial charge in [-0.05, 0) is 47.0 Å². The molecule has 0 N–H and O–H groups in total. The minimum absolute atomic E-state index is 0.376. The van der Waals surface area contributed by atoms with Crippen molar-refractivity contribution in [2.24, 2.45) is 0 Å². The van der Waals surface area contributed by atoms with E-state index >= 15 is 0 Å². The second-order valence-electron chi connectivity index (χ2n) is 5.14. The number of carbonyl (C=O) groups is 1. The van der Waals surface area contributed by atoms with Crippen molar-refractivity contribution in [2.75, 3.05) is 0 Å². The molecule has 0 saturated heterocycles. The topological polar surface area (TPSA) is 26.3 Å². The number of rotatable bonds is 3. The molecule has 0 aliphatic rings. The first-order valence-corrected chi connectivity index (χ1v) is 7.17. The van der Waals surface area contributed by atoms with Crippen LogP contribution in [-0.4, -0.2) is 5.97 Å². The molecule has 3 aromatic carbocycles. The Labute approximate surface area is 129 Å². The van der Waals surface area contributed by atoms with Crippen LogP contribution in [0.2, 0.25) is 0 Å². The van der Waals surface area contributed by atoms with Crippen LogP contribution in [0.5, 0.6) is 5.75 Å². The molecule has 0 saturated carbocycles. The third-order valence-corrected chi connectivity index (χ3v) is 3.43. The molecule has 0 aliphatic carbocycles. The van der Waals surface area contributed by atoms with Crippen LogP contribution in [0, 0.1) is 6.92 Å². The van der Waals surface area contributed by atoms with E-state index in [0.717, 1.165) is 21.9 Å².